The molecule has 42 heavy (non-hydrogen) atoms. The summed E-state index contributed by atoms with van der Waals surface area (Å²) in [7, 11) is 1.27. The van der Waals surface area contributed by atoms with E-state index in [1.165, 1.54) is 13.3 Å². The maximum absolute atomic E-state index is 12.4. The number of halogens is 1. The summed E-state index contributed by atoms with van der Waals surface area (Å²) in [5.74, 6) is 3.23. The first-order chi connectivity index (χ1) is 20.2. The van der Waals surface area contributed by atoms with Crippen LogP contribution in [0.1, 0.15) is 37.9 Å². The van der Waals surface area contributed by atoms with Gasteiger partial charge in [-0.05, 0) is 56.2 Å². The molecule has 2 amide bonds. The van der Waals surface area contributed by atoms with Gasteiger partial charge in [0.25, 0.3) is 0 Å². The summed E-state index contributed by atoms with van der Waals surface area (Å²) < 4.78 is 27.5. The van der Waals surface area contributed by atoms with Gasteiger partial charge in [0.2, 0.25) is 0 Å². The van der Waals surface area contributed by atoms with Crippen molar-refractivity contribution in [2.75, 3.05) is 33.5 Å². The molecule has 0 spiro atoms. The van der Waals surface area contributed by atoms with E-state index < -0.39 is 24.3 Å². The number of benzene rings is 2. The van der Waals surface area contributed by atoms with Gasteiger partial charge in [-0.2, -0.15) is 5.10 Å². The van der Waals surface area contributed by atoms with E-state index in [0.29, 0.717) is 58.1 Å². The number of nitrogens with zero attached hydrogens (tertiary/aromatic N) is 1. The molecule has 2 aromatic rings. The van der Waals surface area contributed by atoms with E-state index in [4.69, 9.17) is 41.7 Å². The molecule has 0 radical (unpaired) electrons. The third kappa shape index (κ3) is 8.22. The number of terminal acetylenes is 1. The highest BCUT2D eigenvalue weighted by Crippen LogP contribution is 2.37. The van der Waals surface area contributed by atoms with Crippen LogP contribution in [0.4, 0.5) is 4.79 Å². The van der Waals surface area contributed by atoms with E-state index in [2.05, 4.69) is 27.1 Å². The van der Waals surface area contributed by atoms with Crippen LogP contribution in [0.25, 0.3) is 0 Å². The Labute approximate surface area is 248 Å². The van der Waals surface area contributed by atoms with E-state index in [-0.39, 0.29) is 18.8 Å². The first kappa shape index (κ1) is 31.9. The Hall–Kier alpha value is -4.60. The summed E-state index contributed by atoms with van der Waals surface area (Å²) in [4.78, 5) is 24.5. The average Bonchev–Trinajstić information content (AvgIpc) is 2.95. The third-order valence-corrected chi connectivity index (χ3v) is 6.02. The van der Waals surface area contributed by atoms with E-state index in [1.807, 2.05) is 6.92 Å². The van der Waals surface area contributed by atoms with Crippen LogP contribution in [-0.2, 0) is 9.53 Å². The lowest BCUT2D eigenvalue weighted by Gasteiger charge is -2.28. The number of aliphatic hydroxyl groups is 1. The van der Waals surface area contributed by atoms with Crippen LogP contribution in [-0.4, -0.2) is 63.1 Å². The number of esters is 1. The quantitative estimate of drug-likeness (QED) is 0.0842. The lowest BCUT2D eigenvalue weighted by atomic mass is 9.95. The van der Waals surface area contributed by atoms with Gasteiger partial charge < -0.3 is 39.4 Å². The van der Waals surface area contributed by atoms with Crippen molar-refractivity contribution < 1.29 is 38.4 Å². The predicted molar refractivity (Wildman–Crippen MR) is 156 cm³/mol. The zero-order chi connectivity index (χ0) is 30.6. The Morgan fingerprint density at radius 1 is 1.17 bits per heavy atom. The first-order valence-corrected chi connectivity index (χ1v) is 13.3. The maximum Gasteiger partial charge on any atom is 0.337 e. The number of carbonyl (C=O) groups excluding carboxylic acids is 2. The van der Waals surface area contributed by atoms with Crippen molar-refractivity contribution in [1.29, 1.82) is 0 Å². The number of allylic oxidation sites excluding steroid dienone is 1. The first-order valence-electron chi connectivity index (χ1n) is 13.0. The molecule has 1 aliphatic rings. The van der Waals surface area contributed by atoms with Gasteiger partial charge in [-0.15, -0.1) is 6.42 Å². The smallest absolute Gasteiger partial charge is 0.337 e. The number of nitrogens with one attached hydrogen (secondary N) is 3. The van der Waals surface area contributed by atoms with Crippen LogP contribution >= 0.6 is 11.6 Å². The molecule has 0 saturated heterocycles. The lowest BCUT2D eigenvalue weighted by Crippen LogP contribution is -2.45. The number of amides is 2. The third-order valence-electron chi connectivity index (χ3n) is 5.74. The second kappa shape index (κ2) is 15.4. The van der Waals surface area contributed by atoms with Gasteiger partial charge in [0.05, 0.1) is 43.2 Å². The van der Waals surface area contributed by atoms with Crippen LogP contribution in [0.2, 0.25) is 5.02 Å². The topological polar surface area (TPSA) is 149 Å². The molecule has 13 heteroatoms. The number of aliphatic hydroxyl groups excluding tert-OH is 1. The highest BCUT2D eigenvalue weighted by molar-refractivity contribution is 6.32. The molecular weight excluding hydrogens is 568 g/mol. The van der Waals surface area contributed by atoms with Gasteiger partial charge in [0.1, 0.15) is 13.2 Å². The SMILES string of the molecule is C#CCOc1c(Cl)cc(/C=N\N[C@H](O)COc2ccc([C@H]3NC(=O)NC(C)=C3C(=O)OC)cc2OCC)cc1OCC. The van der Waals surface area contributed by atoms with Gasteiger partial charge in [0, 0.05) is 5.70 Å². The lowest BCUT2D eigenvalue weighted by molar-refractivity contribution is -0.136. The van der Waals surface area contributed by atoms with Crippen LogP contribution < -0.4 is 35.0 Å². The molecule has 1 aliphatic heterocycles. The van der Waals surface area contributed by atoms with Crippen molar-refractivity contribution in [2.45, 2.75) is 33.0 Å². The molecule has 3 rings (SSSR count). The van der Waals surface area contributed by atoms with Crippen LogP contribution in [0.5, 0.6) is 23.0 Å². The number of hydrazone groups is 1. The summed E-state index contributed by atoms with van der Waals surface area (Å²) in [6, 6.07) is 7.03. The number of carbonyl (C=O) groups is 2. The molecule has 0 aromatic heterocycles. The van der Waals surface area contributed by atoms with Crippen LogP contribution in [0.3, 0.4) is 0 Å². The van der Waals surface area contributed by atoms with Gasteiger partial charge in [-0.3, -0.25) is 5.43 Å². The maximum atomic E-state index is 12.4. The average molecular weight is 601 g/mol. The largest absolute Gasteiger partial charge is 0.490 e. The van der Waals surface area contributed by atoms with Crippen molar-refractivity contribution in [3.8, 4) is 35.3 Å². The normalized spacial score (nSPS) is 15.3. The Bertz CT molecular complexity index is 1390. The molecular formula is C29H33ClN4O8. The van der Waals surface area contributed by atoms with E-state index in [1.54, 1.807) is 44.2 Å². The monoisotopic (exact) mass is 600 g/mol. The highest BCUT2D eigenvalue weighted by Gasteiger charge is 2.32. The number of methoxy groups -OCH3 is 1. The fraction of sp³-hybridized carbons (Fsp3) is 0.345. The standard InChI is InChI=1S/C29H33ClN4O8/c1-6-11-41-27-20(30)12-18(13-23(27)40-8-3)15-31-34-24(35)16-42-21-10-9-19(14-22(21)39-7-2)26-25(28(36)38-5)17(4)32-29(37)33-26/h1,9-10,12-15,24,26,34-35H,7-8,11,16H2,2-5H3,(H2,32,33,37)/b31-15-/t24-,26-/m1/s1. The van der Waals surface area contributed by atoms with Crippen molar-refractivity contribution in [3.63, 3.8) is 0 Å². The fourth-order valence-electron chi connectivity index (χ4n) is 4.00. The highest BCUT2D eigenvalue weighted by atomic mass is 35.5. The van der Waals surface area contributed by atoms with Gasteiger partial charge >= 0.3 is 12.0 Å². The Morgan fingerprint density at radius 2 is 1.90 bits per heavy atom. The molecule has 1 heterocycles. The zero-order valence-electron chi connectivity index (χ0n) is 23.7. The second-order valence-electron chi connectivity index (χ2n) is 8.67. The van der Waals surface area contributed by atoms with Crippen molar-refractivity contribution in [3.05, 3.63) is 57.8 Å². The Kier molecular flexibility index (Phi) is 11.7. The summed E-state index contributed by atoms with van der Waals surface area (Å²) in [6.07, 6.45) is 5.53. The van der Waals surface area contributed by atoms with Crippen molar-refractivity contribution >= 4 is 29.8 Å². The van der Waals surface area contributed by atoms with Gasteiger partial charge in [0.15, 0.2) is 29.2 Å². The predicted octanol–water partition coefficient (Wildman–Crippen LogP) is 3.27. The second-order valence-corrected chi connectivity index (χ2v) is 9.08. The fourth-order valence-corrected chi connectivity index (χ4v) is 4.27. The summed E-state index contributed by atoms with van der Waals surface area (Å²) in [6.45, 7) is 5.80. The molecule has 0 unspecified atom stereocenters. The summed E-state index contributed by atoms with van der Waals surface area (Å²) in [5.41, 5.74) is 4.38. The minimum absolute atomic E-state index is 0.0363. The Morgan fingerprint density at radius 3 is 2.60 bits per heavy atom. The van der Waals surface area contributed by atoms with Crippen molar-refractivity contribution in [1.82, 2.24) is 16.1 Å². The van der Waals surface area contributed by atoms with E-state index in [0.717, 1.165) is 0 Å². The molecule has 4 N–H and O–H groups in total. The van der Waals surface area contributed by atoms with Crippen LogP contribution in [0.15, 0.2) is 46.7 Å². The summed E-state index contributed by atoms with van der Waals surface area (Å²) >= 11 is 6.33. The number of hydrogen-bond donors (Lipinski definition) is 4. The minimum Gasteiger partial charge on any atom is -0.490 e. The molecule has 12 nitrogen and oxygen atoms in total. The number of urea groups is 1. The minimum atomic E-state index is -1.18. The van der Waals surface area contributed by atoms with Crippen molar-refractivity contribution in [2.24, 2.45) is 5.10 Å². The molecule has 0 aliphatic carbocycles. The molecule has 2 aromatic carbocycles. The van der Waals surface area contributed by atoms with Gasteiger partial charge in [-0.1, -0.05) is 23.6 Å². The number of rotatable bonds is 14. The van der Waals surface area contributed by atoms with Gasteiger partial charge in [-0.25, -0.2) is 9.59 Å². The van der Waals surface area contributed by atoms with Crippen LogP contribution in [0, 0.1) is 12.3 Å². The van der Waals surface area contributed by atoms with E-state index in [9.17, 15) is 14.7 Å². The number of hydrogen-bond acceptors (Lipinski definition) is 10. The zero-order valence-corrected chi connectivity index (χ0v) is 24.4. The van der Waals surface area contributed by atoms with E-state index >= 15 is 0 Å². The molecule has 2 atom stereocenters. The molecule has 0 fully saturated rings. The Balaban J connectivity index is 1.69. The number of ether oxygens (including phenoxy) is 5. The molecule has 0 saturated carbocycles. The molecule has 224 valence electrons. The molecule has 0 bridgehead atoms. The summed E-state index contributed by atoms with van der Waals surface area (Å²) in [5, 5.41) is 20.0.